The number of hydrogen-bond acceptors (Lipinski definition) is 4. The first kappa shape index (κ1) is 19.0. The molecule has 0 saturated carbocycles. The average molecular weight is 391 g/mol. The highest BCUT2D eigenvalue weighted by Crippen LogP contribution is 2.25. The molecule has 2 aliphatic rings. The normalized spacial score (nSPS) is 14.7. The maximum atomic E-state index is 10.7. The zero-order chi connectivity index (χ0) is 20.8. The van der Waals surface area contributed by atoms with E-state index in [-0.39, 0.29) is 5.69 Å². The lowest BCUT2D eigenvalue weighted by molar-refractivity contribution is -0.384. The molecule has 0 saturated heterocycles. The monoisotopic (exact) mass is 391 g/mol. The Morgan fingerprint density at radius 3 is 2.17 bits per heavy atom. The van der Waals surface area contributed by atoms with Crippen molar-refractivity contribution < 1.29 is 4.92 Å². The summed E-state index contributed by atoms with van der Waals surface area (Å²) in [4.78, 5) is 10.2. The average Bonchev–Trinajstić information content (AvgIpc) is 3.12. The predicted molar refractivity (Wildman–Crippen MR) is 118 cm³/mol. The van der Waals surface area contributed by atoms with Crippen LogP contribution in [0.15, 0.2) is 118 Å². The molecule has 5 nitrogen and oxygen atoms in total. The van der Waals surface area contributed by atoms with Gasteiger partial charge in [-0.05, 0) is 60.0 Å². The molecule has 0 aliphatic heterocycles. The van der Waals surface area contributed by atoms with Crippen LogP contribution in [0.25, 0.3) is 0 Å². The molecule has 0 atom stereocenters. The fraction of sp³-hybridized carbons (Fsp3) is 0.0400. The molecule has 144 valence electrons. The zero-order valence-electron chi connectivity index (χ0n) is 16.0. The van der Waals surface area contributed by atoms with Gasteiger partial charge in [-0.1, -0.05) is 48.3 Å². The van der Waals surface area contributed by atoms with Crippen LogP contribution < -0.4 is 0 Å². The predicted octanol–water partition coefficient (Wildman–Crippen LogP) is 6.67. The molecule has 0 heterocycles. The lowest BCUT2D eigenvalue weighted by Gasteiger charge is -2.03. The van der Waals surface area contributed by atoms with Gasteiger partial charge < -0.3 is 0 Å². The van der Waals surface area contributed by atoms with Gasteiger partial charge in [0.15, 0.2) is 0 Å². The number of hydrogen-bond donors (Lipinski definition) is 0. The Bertz CT molecular complexity index is 1210. The number of nitro benzene ring substituents is 1. The number of nitrogens with zero attached hydrogens (tertiary/aromatic N) is 3. The zero-order valence-corrected chi connectivity index (χ0v) is 16.0. The molecule has 0 amide bonds. The molecule has 30 heavy (non-hydrogen) atoms. The van der Waals surface area contributed by atoms with Crippen molar-refractivity contribution in [3.05, 3.63) is 123 Å². The Kier molecular flexibility index (Phi) is 5.59. The molecule has 2 aromatic carbocycles. The molecule has 4 rings (SSSR count). The standard InChI is InChI=1S/C25H17N3O2/c29-28(30)25-16-14-24(15-17-25)27-26-23-12-9-19(10-13-23)8-11-21-7-3-5-20-4-1-2-6-22(21)18-20/h1-7,9-10,12-17H,18H2. The highest BCUT2D eigenvalue weighted by atomic mass is 16.6. The van der Waals surface area contributed by atoms with Gasteiger partial charge in [0.1, 0.15) is 0 Å². The Balaban J connectivity index is 1.46. The number of non-ortho nitro benzene ring substituents is 1. The number of benzene rings is 2. The first-order chi connectivity index (χ1) is 14.7. The van der Waals surface area contributed by atoms with Crippen LogP contribution in [0, 0.1) is 22.0 Å². The summed E-state index contributed by atoms with van der Waals surface area (Å²) in [6.07, 6.45) is 15.4. The minimum atomic E-state index is -0.444. The summed E-state index contributed by atoms with van der Waals surface area (Å²) in [7, 11) is 0. The summed E-state index contributed by atoms with van der Waals surface area (Å²) in [5.41, 5.74) is 5.65. The van der Waals surface area contributed by atoms with Crippen LogP contribution in [0.2, 0.25) is 0 Å². The summed E-state index contributed by atoms with van der Waals surface area (Å²) in [6.45, 7) is 0. The van der Waals surface area contributed by atoms with Gasteiger partial charge in [-0.3, -0.25) is 10.1 Å². The fourth-order valence-electron chi connectivity index (χ4n) is 2.99. The third kappa shape index (κ3) is 4.75. The second kappa shape index (κ2) is 8.80. The van der Waals surface area contributed by atoms with E-state index in [1.807, 2.05) is 48.6 Å². The second-order valence-electron chi connectivity index (χ2n) is 6.71. The van der Waals surface area contributed by atoms with Crippen LogP contribution in [0.4, 0.5) is 17.1 Å². The molecular weight excluding hydrogens is 374 g/mol. The Labute approximate surface area is 174 Å². The highest BCUT2D eigenvalue weighted by molar-refractivity contribution is 5.57. The highest BCUT2D eigenvalue weighted by Gasteiger charge is 2.08. The number of rotatable bonds is 3. The van der Waals surface area contributed by atoms with Gasteiger partial charge >= 0.3 is 0 Å². The van der Waals surface area contributed by atoms with Gasteiger partial charge in [0.2, 0.25) is 0 Å². The number of allylic oxidation sites excluding steroid dienone is 10. The van der Waals surface area contributed by atoms with Crippen molar-refractivity contribution in [1.82, 2.24) is 0 Å². The molecule has 0 N–H and O–H groups in total. The minimum Gasteiger partial charge on any atom is -0.258 e. The molecule has 0 radical (unpaired) electrons. The number of nitro groups is 1. The van der Waals surface area contributed by atoms with Crippen molar-refractivity contribution >= 4 is 17.1 Å². The largest absolute Gasteiger partial charge is 0.269 e. The van der Waals surface area contributed by atoms with Crippen molar-refractivity contribution in [1.29, 1.82) is 0 Å². The van der Waals surface area contributed by atoms with Crippen LogP contribution in [0.3, 0.4) is 0 Å². The molecule has 5 heteroatoms. The molecule has 2 aliphatic carbocycles. The minimum absolute atomic E-state index is 0.0269. The van der Waals surface area contributed by atoms with E-state index in [1.54, 1.807) is 12.1 Å². The van der Waals surface area contributed by atoms with Crippen molar-refractivity contribution in [3.8, 4) is 11.8 Å². The van der Waals surface area contributed by atoms with Crippen LogP contribution in [0.5, 0.6) is 0 Å². The van der Waals surface area contributed by atoms with Gasteiger partial charge in [-0.2, -0.15) is 10.2 Å². The third-order valence-corrected chi connectivity index (χ3v) is 4.58. The Morgan fingerprint density at radius 1 is 0.800 bits per heavy atom. The summed E-state index contributed by atoms with van der Waals surface area (Å²) in [5.74, 6) is 6.49. The summed E-state index contributed by atoms with van der Waals surface area (Å²) in [5, 5.41) is 19.0. The van der Waals surface area contributed by atoms with Gasteiger partial charge in [-0.25, -0.2) is 0 Å². The van der Waals surface area contributed by atoms with Crippen molar-refractivity contribution in [2.45, 2.75) is 6.42 Å². The molecule has 0 aromatic heterocycles. The van der Waals surface area contributed by atoms with Crippen molar-refractivity contribution in [2.24, 2.45) is 10.2 Å². The topological polar surface area (TPSA) is 67.9 Å². The lowest BCUT2D eigenvalue weighted by Crippen LogP contribution is -1.87. The maximum Gasteiger partial charge on any atom is 0.269 e. The second-order valence-corrected chi connectivity index (χ2v) is 6.71. The molecule has 0 spiro atoms. The van der Waals surface area contributed by atoms with E-state index in [2.05, 4.69) is 40.3 Å². The van der Waals surface area contributed by atoms with Gasteiger partial charge in [0.05, 0.1) is 16.3 Å². The lowest BCUT2D eigenvalue weighted by atomic mass is 10.0. The quantitative estimate of drug-likeness (QED) is 0.254. The van der Waals surface area contributed by atoms with Crippen LogP contribution in [0.1, 0.15) is 12.0 Å². The summed E-state index contributed by atoms with van der Waals surface area (Å²) < 4.78 is 0. The van der Waals surface area contributed by atoms with Gasteiger partial charge in [0.25, 0.3) is 5.69 Å². The van der Waals surface area contributed by atoms with E-state index in [4.69, 9.17) is 0 Å². The van der Waals surface area contributed by atoms with Gasteiger partial charge in [-0.15, -0.1) is 0 Å². The van der Waals surface area contributed by atoms with E-state index in [9.17, 15) is 10.1 Å². The van der Waals surface area contributed by atoms with Crippen molar-refractivity contribution in [2.75, 3.05) is 0 Å². The molecule has 2 aromatic rings. The van der Waals surface area contributed by atoms with E-state index in [0.717, 1.165) is 17.6 Å². The summed E-state index contributed by atoms with van der Waals surface area (Å²) in [6, 6.07) is 13.4. The Morgan fingerprint density at radius 2 is 1.47 bits per heavy atom. The van der Waals surface area contributed by atoms with Gasteiger partial charge in [0, 0.05) is 23.3 Å². The van der Waals surface area contributed by atoms with E-state index < -0.39 is 4.92 Å². The smallest absolute Gasteiger partial charge is 0.258 e. The maximum absolute atomic E-state index is 10.7. The molecule has 2 bridgehead atoms. The van der Waals surface area contributed by atoms with E-state index >= 15 is 0 Å². The van der Waals surface area contributed by atoms with Crippen LogP contribution in [-0.4, -0.2) is 4.92 Å². The number of azo groups is 1. The first-order valence-corrected chi connectivity index (χ1v) is 9.41. The molecule has 0 unspecified atom stereocenters. The van der Waals surface area contributed by atoms with E-state index in [0.29, 0.717) is 11.4 Å². The molecular formula is C25H17N3O2. The van der Waals surface area contributed by atoms with E-state index in [1.165, 1.54) is 23.3 Å². The van der Waals surface area contributed by atoms with Crippen LogP contribution >= 0.6 is 0 Å². The molecule has 0 fully saturated rings. The third-order valence-electron chi connectivity index (χ3n) is 4.58. The van der Waals surface area contributed by atoms with Crippen LogP contribution in [-0.2, 0) is 0 Å². The SMILES string of the molecule is O=[N+]([O-])c1ccc(N=Nc2ccc(C#CC3=CC=CC4=CC=CC=C3C4)cc2)cc1. The Hall–Kier alpha value is -4.30. The first-order valence-electron chi connectivity index (χ1n) is 9.41. The number of fused-ring (bicyclic) bond motifs is 2. The summed E-state index contributed by atoms with van der Waals surface area (Å²) >= 11 is 0. The fourth-order valence-corrected chi connectivity index (χ4v) is 2.99. The van der Waals surface area contributed by atoms with Crippen molar-refractivity contribution in [3.63, 3.8) is 0 Å².